The van der Waals surface area contributed by atoms with Crippen LogP contribution in [0.2, 0.25) is 0 Å². The van der Waals surface area contributed by atoms with Gasteiger partial charge in [-0.1, -0.05) is 18.2 Å². The Balaban J connectivity index is 1.67. The summed E-state index contributed by atoms with van der Waals surface area (Å²) < 4.78 is 0. The van der Waals surface area contributed by atoms with Crippen molar-refractivity contribution in [3.05, 3.63) is 54.2 Å². The molecule has 2 heterocycles. The molecule has 3 rings (SSSR count). The highest BCUT2D eigenvalue weighted by Gasteiger charge is 2.17. The average Bonchev–Trinajstić information content (AvgIpc) is 2.48. The number of nitrogens with zero attached hydrogens (tertiary/aromatic N) is 3. The first-order valence-electron chi connectivity index (χ1n) is 6.80. The van der Waals surface area contributed by atoms with Crippen LogP contribution < -0.4 is 9.80 Å². The van der Waals surface area contributed by atoms with Crippen molar-refractivity contribution in [2.45, 2.75) is 6.92 Å². The molecule has 1 aliphatic heterocycles. The summed E-state index contributed by atoms with van der Waals surface area (Å²) in [4.78, 5) is 9.23. The molecule has 98 valence electrons. The number of rotatable bonds is 2. The molecule has 19 heavy (non-hydrogen) atoms. The van der Waals surface area contributed by atoms with Gasteiger partial charge in [0, 0.05) is 38.1 Å². The third-order valence-electron chi connectivity index (χ3n) is 3.62. The monoisotopic (exact) mass is 253 g/mol. The van der Waals surface area contributed by atoms with Crippen molar-refractivity contribution >= 4 is 11.5 Å². The second-order valence-corrected chi connectivity index (χ2v) is 5.00. The zero-order chi connectivity index (χ0) is 13.1. The van der Waals surface area contributed by atoms with Crippen molar-refractivity contribution in [3.8, 4) is 0 Å². The quantitative estimate of drug-likeness (QED) is 0.820. The maximum atomic E-state index is 4.42. The summed E-state index contributed by atoms with van der Waals surface area (Å²) in [5.41, 5.74) is 2.66. The zero-order valence-corrected chi connectivity index (χ0v) is 11.3. The average molecular weight is 253 g/mol. The van der Waals surface area contributed by atoms with Crippen LogP contribution in [0, 0.1) is 6.92 Å². The normalized spacial score (nSPS) is 15.6. The minimum atomic E-state index is 1.03. The fourth-order valence-corrected chi connectivity index (χ4v) is 2.56. The van der Waals surface area contributed by atoms with Crippen LogP contribution in [0.5, 0.6) is 0 Å². The third-order valence-corrected chi connectivity index (χ3v) is 3.62. The Morgan fingerprint density at radius 3 is 2.37 bits per heavy atom. The lowest BCUT2D eigenvalue weighted by molar-refractivity contribution is 0.647. The van der Waals surface area contributed by atoms with Gasteiger partial charge in [-0.15, -0.1) is 0 Å². The van der Waals surface area contributed by atoms with Crippen molar-refractivity contribution in [1.82, 2.24) is 4.98 Å². The van der Waals surface area contributed by atoms with E-state index < -0.39 is 0 Å². The minimum absolute atomic E-state index is 1.03. The van der Waals surface area contributed by atoms with E-state index in [1.54, 1.807) is 0 Å². The summed E-state index contributed by atoms with van der Waals surface area (Å²) in [7, 11) is 0. The van der Waals surface area contributed by atoms with Gasteiger partial charge in [-0.25, -0.2) is 4.98 Å². The predicted octanol–water partition coefficient (Wildman–Crippen LogP) is 2.72. The maximum Gasteiger partial charge on any atom is 0.128 e. The Morgan fingerprint density at radius 2 is 1.68 bits per heavy atom. The molecule has 0 saturated carbocycles. The predicted molar refractivity (Wildman–Crippen MR) is 79.8 cm³/mol. The van der Waals surface area contributed by atoms with E-state index in [-0.39, 0.29) is 0 Å². The summed E-state index contributed by atoms with van der Waals surface area (Å²) in [6, 6.07) is 14.8. The summed E-state index contributed by atoms with van der Waals surface area (Å²) in [5.74, 6) is 1.09. The van der Waals surface area contributed by atoms with Gasteiger partial charge in [-0.05, 0) is 36.8 Å². The van der Waals surface area contributed by atoms with Gasteiger partial charge in [0.2, 0.25) is 0 Å². The second kappa shape index (κ2) is 5.31. The number of hydrogen-bond acceptors (Lipinski definition) is 3. The number of benzene rings is 1. The maximum absolute atomic E-state index is 4.42. The standard InChI is InChI=1S/C16H19N3/c1-14-5-4-6-15(13-14)18-9-11-19(12-10-18)16-7-2-3-8-17-16/h2-8,13H,9-12H2,1H3. The van der Waals surface area contributed by atoms with Crippen LogP contribution in [0.15, 0.2) is 48.7 Å². The highest BCUT2D eigenvalue weighted by atomic mass is 15.3. The fourth-order valence-electron chi connectivity index (χ4n) is 2.56. The molecule has 0 N–H and O–H groups in total. The molecule has 0 bridgehead atoms. The van der Waals surface area contributed by atoms with E-state index >= 15 is 0 Å². The highest BCUT2D eigenvalue weighted by Crippen LogP contribution is 2.19. The SMILES string of the molecule is Cc1cccc(N2CCN(c3ccccn3)CC2)c1. The lowest BCUT2D eigenvalue weighted by atomic mass is 10.2. The highest BCUT2D eigenvalue weighted by molar-refractivity contribution is 5.50. The van der Waals surface area contributed by atoms with Gasteiger partial charge in [0.15, 0.2) is 0 Å². The van der Waals surface area contributed by atoms with Crippen molar-refractivity contribution in [2.24, 2.45) is 0 Å². The van der Waals surface area contributed by atoms with Gasteiger partial charge in [0.1, 0.15) is 5.82 Å². The van der Waals surface area contributed by atoms with Crippen LogP contribution in [0.3, 0.4) is 0 Å². The smallest absolute Gasteiger partial charge is 0.128 e. The summed E-state index contributed by atoms with van der Waals surface area (Å²) in [5, 5.41) is 0. The van der Waals surface area contributed by atoms with Crippen molar-refractivity contribution < 1.29 is 0 Å². The molecule has 0 spiro atoms. The van der Waals surface area contributed by atoms with Gasteiger partial charge in [0.25, 0.3) is 0 Å². The molecule has 1 fully saturated rings. The molecular weight excluding hydrogens is 234 g/mol. The topological polar surface area (TPSA) is 19.4 Å². The molecule has 3 heteroatoms. The molecule has 1 aliphatic rings. The molecule has 0 aliphatic carbocycles. The Labute approximate surface area is 114 Å². The number of piperazine rings is 1. The van der Waals surface area contributed by atoms with Crippen LogP contribution in [0.25, 0.3) is 0 Å². The number of hydrogen-bond donors (Lipinski definition) is 0. The molecule has 2 aromatic rings. The first-order chi connectivity index (χ1) is 9.33. The minimum Gasteiger partial charge on any atom is -0.368 e. The van der Waals surface area contributed by atoms with E-state index in [1.165, 1.54) is 11.3 Å². The van der Waals surface area contributed by atoms with Gasteiger partial charge in [-0.3, -0.25) is 0 Å². The van der Waals surface area contributed by atoms with Crippen LogP contribution in [0.1, 0.15) is 5.56 Å². The Hall–Kier alpha value is -2.03. The van der Waals surface area contributed by atoms with E-state index in [1.807, 2.05) is 12.3 Å². The molecular formula is C16H19N3. The van der Waals surface area contributed by atoms with Gasteiger partial charge in [-0.2, -0.15) is 0 Å². The first kappa shape index (κ1) is 12.0. The van der Waals surface area contributed by atoms with Gasteiger partial charge in [0.05, 0.1) is 0 Å². The molecule has 0 radical (unpaired) electrons. The van der Waals surface area contributed by atoms with Crippen molar-refractivity contribution in [3.63, 3.8) is 0 Å². The van der Waals surface area contributed by atoms with E-state index in [0.29, 0.717) is 0 Å². The lowest BCUT2D eigenvalue weighted by Crippen LogP contribution is -2.46. The van der Waals surface area contributed by atoms with Crippen molar-refractivity contribution in [1.29, 1.82) is 0 Å². The Kier molecular flexibility index (Phi) is 3.36. The summed E-state index contributed by atoms with van der Waals surface area (Å²) >= 11 is 0. The molecule has 0 atom stereocenters. The Bertz CT molecular complexity index is 531. The lowest BCUT2D eigenvalue weighted by Gasteiger charge is -2.36. The second-order valence-electron chi connectivity index (χ2n) is 5.00. The molecule has 1 saturated heterocycles. The summed E-state index contributed by atoms with van der Waals surface area (Å²) in [6.07, 6.45) is 1.86. The zero-order valence-electron chi connectivity index (χ0n) is 11.3. The van der Waals surface area contributed by atoms with Gasteiger partial charge < -0.3 is 9.80 Å². The first-order valence-corrected chi connectivity index (χ1v) is 6.80. The summed E-state index contributed by atoms with van der Waals surface area (Å²) in [6.45, 7) is 6.32. The number of anilines is 2. The molecule has 3 nitrogen and oxygen atoms in total. The van der Waals surface area contributed by atoms with E-state index in [4.69, 9.17) is 0 Å². The van der Waals surface area contributed by atoms with Gasteiger partial charge >= 0.3 is 0 Å². The van der Waals surface area contributed by atoms with E-state index in [0.717, 1.165) is 32.0 Å². The largest absolute Gasteiger partial charge is 0.368 e. The number of aryl methyl sites for hydroxylation is 1. The molecule has 1 aromatic heterocycles. The van der Waals surface area contributed by atoms with Crippen molar-refractivity contribution in [2.75, 3.05) is 36.0 Å². The van der Waals surface area contributed by atoms with E-state index in [9.17, 15) is 0 Å². The number of pyridine rings is 1. The van der Waals surface area contributed by atoms with E-state index in [2.05, 4.69) is 58.1 Å². The number of aromatic nitrogens is 1. The molecule has 0 amide bonds. The molecule has 0 unspecified atom stereocenters. The van der Waals surface area contributed by atoms with Crippen LogP contribution in [-0.4, -0.2) is 31.2 Å². The third kappa shape index (κ3) is 2.70. The van der Waals surface area contributed by atoms with Crippen LogP contribution in [-0.2, 0) is 0 Å². The van der Waals surface area contributed by atoms with Crippen LogP contribution in [0.4, 0.5) is 11.5 Å². The fraction of sp³-hybridized carbons (Fsp3) is 0.312. The Morgan fingerprint density at radius 1 is 0.895 bits per heavy atom. The molecule has 1 aromatic carbocycles. The van der Waals surface area contributed by atoms with Crippen LogP contribution >= 0.6 is 0 Å².